The first-order valence-electron chi connectivity index (χ1n) is 7.02. The molecule has 2 heteroatoms. The number of hydrogen-bond acceptors (Lipinski definition) is 2. The predicted molar refractivity (Wildman–Crippen MR) is 75.6 cm³/mol. The van der Waals surface area contributed by atoms with E-state index in [1.807, 2.05) is 0 Å². The highest BCUT2D eigenvalue weighted by atomic mass is 16.3. The van der Waals surface area contributed by atoms with E-state index in [0.29, 0.717) is 6.54 Å². The van der Waals surface area contributed by atoms with Crippen molar-refractivity contribution in [2.24, 2.45) is 11.1 Å². The maximum atomic E-state index is 10.4. The Hall–Kier alpha value is -0.860. The molecule has 2 rings (SSSR count). The number of benzene rings is 1. The van der Waals surface area contributed by atoms with Gasteiger partial charge in [0.05, 0.1) is 6.10 Å². The van der Waals surface area contributed by atoms with Gasteiger partial charge in [-0.05, 0) is 49.8 Å². The van der Waals surface area contributed by atoms with Crippen molar-refractivity contribution in [1.82, 2.24) is 0 Å². The van der Waals surface area contributed by atoms with Crippen molar-refractivity contribution in [3.63, 3.8) is 0 Å². The molecule has 0 amide bonds. The molecule has 0 radical (unpaired) electrons. The summed E-state index contributed by atoms with van der Waals surface area (Å²) in [5, 5.41) is 10.4. The van der Waals surface area contributed by atoms with E-state index < -0.39 is 0 Å². The molecule has 0 heterocycles. The average molecular weight is 247 g/mol. The normalized spacial score (nSPS) is 28.3. The second-order valence-electron chi connectivity index (χ2n) is 5.88. The number of nitrogens with two attached hydrogens (primary N) is 1. The van der Waals surface area contributed by atoms with Crippen LogP contribution in [0.2, 0.25) is 0 Å². The molecule has 2 atom stereocenters. The van der Waals surface area contributed by atoms with Crippen LogP contribution in [-0.4, -0.2) is 17.8 Å². The average Bonchev–Trinajstić information content (AvgIpc) is 2.36. The monoisotopic (exact) mass is 247 g/mol. The molecule has 3 N–H and O–H groups in total. The van der Waals surface area contributed by atoms with Gasteiger partial charge in [-0.1, -0.05) is 31.0 Å². The lowest BCUT2D eigenvalue weighted by Crippen LogP contribution is -2.46. The molecule has 0 bridgehead atoms. The lowest BCUT2D eigenvalue weighted by molar-refractivity contribution is -0.00601. The Kier molecular flexibility index (Phi) is 4.08. The van der Waals surface area contributed by atoms with Crippen molar-refractivity contribution >= 4 is 0 Å². The maximum absolute atomic E-state index is 10.4. The topological polar surface area (TPSA) is 46.2 Å². The zero-order valence-electron chi connectivity index (χ0n) is 11.6. The minimum Gasteiger partial charge on any atom is -0.392 e. The van der Waals surface area contributed by atoms with E-state index in [4.69, 9.17) is 5.73 Å². The summed E-state index contributed by atoms with van der Waals surface area (Å²) >= 11 is 0. The van der Waals surface area contributed by atoms with Gasteiger partial charge in [-0.3, -0.25) is 0 Å². The zero-order valence-corrected chi connectivity index (χ0v) is 11.6. The number of rotatable bonds is 3. The number of aliphatic hydroxyl groups is 1. The Bertz CT molecular complexity index is 395. The van der Waals surface area contributed by atoms with E-state index in [-0.39, 0.29) is 11.5 Å². The molecule has 1 aromatic carbocycles. The first-order valence-corrected chi connectivity index (χ1v) is 7.02. The minimum absolute atomic E-state index is 0.102. The minimum atomic E-state index is -0.241. The smallest absolute Gasteiger partial charge is 0.0611 e. The first kappa shape index (κ1) is 13.6. The Labute approximate surface area is 110 Å². The highest BCUT2D eigenvalue weighted by Gasteiger charge is 2.39. The quantitative estimate of drug-likeness (QED) is 0.862. The molecule has 0 saturated heterocycles. The molecule has 100 valence electrons. The van der Waals surface area contributed by atoms with Crippen LogP contribution in [0.1, 0.15) is 42.4 Å². The van der Waals surface area contributed by atoms with Crippen molar-refractivity contribution in [3.8, 4) is 0 Å². The summed E-state index contributed by atoms with van der Waals surface area (Å²) in [6, 6.07) is 6.41. The Morgan fingerprint density at radius 1 is 1.28 bits per heavy atom. The fraction of sp³-hybridized carbons (Fsp3) is 0.625. The Balaban J connectivity index is 2.30. The second-order valence-corrected chi connectivity index (χ2v) is 5.88. The van der Waals surface area contributed by atoms with Crippen LogP contribution in [0.5, 0.6) is 0 Å². The van der Waals surface area contributed by atoms with Crippen LogP contribution in [0, 0.1) is 19.3 Å². The van der Waals surface area contributed by atoms with Crippen LogP contribution in [0.3, 0.4) is 0 Å². The molecule has 18 heavy (non-hydrogen) atoms. The maximum Gasteiger partial charge on any atom is 0.0611 e. The van der Waals surface area contributed by atoms with Gasteiger partial charge in [0.25, 0.3) is 0 Å². The number of aryl methyl sites for hydroxylation is 2. The lowest BCUT2D eigenvalue weighted by atomic mass is 9.67. The van der Waals surface area contributed by atoms with E-state index >= 15 is 0 Å². The summed E-state index contributed by atoms with van der Waals surface area (Å²) in [7, 11) is 0. The molecule has 1 aromatic rings. The van der Waals surface area contributed by atoms with Crippen LogP contribution in [0.25, 0.3) is 0 Å². The molecule has 1 fully saturated rings. The first-order chi connectivity index (χ1) is 8.59. The second kappa shape index (κ2) is 5.41. The zero-order chi connectivity index (χ0) is 13.2. The van der Waals surface area contributed by atoms with Gasteiger partial charge < -0.3 is 10.8 Å². The van der Waals surface area contributed by atoms with Crippen LogP contribution < -0.4 is 5.73 Å². The standard InChI is InChI=1S/C16H25NO/c1-12-6-5-7-13(2)14(12)10-16(11-17)9-4-3-8-15(16)18/h5-7,15,18H,3-4,8-11,17H2,1-2H3. The number of hydrogen-bond donors (Lipinski definition) is 2. The van der Waals surface area contributed by atoms with Crippen molar-refractivity contribution in [2.45, 2.75) is 52.1 Å². The third-order valence-corrected chi connectivity index (χ3v) is 4.69. The van der Waals surface area contributed by atoms with Gasteiger partial charge in [-0.2, -0.15) is 0 Å². The summed E-state index contributed by atoms with van der Waals surface area (Å²) in [6.07, 6.45) is 4.97. The van der Waals surface area contributed by atoms with Crippen molar-refractivity contribution in [1.29, 1.82) is 0 Å². The van der Waals surface area contributed by atoms with Crippen LogP contribution in [0.4, 0.5) is 0 Å². The van der Waals surface area contributed by atoms with Gasteiger partial charge in [0.1, 0.15) is 0 Å². The van der Waals surface area contributed by atoms with Gasteiger partial charge in [-0.15, -0.1) is 0 Å². The third kappa shape index (κ3) is 2.45. The number of aliphatic hydroxyl groups excluding tert-OH is 1. The van der Waals surface area contributed by atoms with Crippen LogP contribution in [-0.2, 0) is 6.42 Å². The summed E-state index contributed by atoms with van der Waals surface area (Å²) in [4.78, 5) is 0. The molecule has 0 aromatic heterocycles. The molecule has 0 spiro atoms. The molecule has 2 unspecified atom stereocenters. The molecule has 1 aliphatic carbocycles. The van der Waals surface area contributed by atoms with E-state index in [9.17, 15) is 5.11 Å². The molecule has 0 aliphatic heterocycles. The Morgan fingerprint density at radius 3 is 2.50 bits per heavy atom. The molecule has 2 nitrogen and oxygen atoms in total. The Morgan fingerprint density at radius 2 is 1.94 bits per heavy atom. The summed E-state index contributed by atoms with van der Waals surface area (Å²) in [6.45, 7) is 4.89. The van der Waals surface area contributed by atoms with E-state index in [1.165, 1.54) is 23.1 Å². The summed E-state index contributed by atoms with van der Waals surface area (Å²) < 4.78 is 0. The highest BCUT2D eigenvalue weighted by Crippen LogP contribution is 2.39. The fourth-order valence-electron chi connectivity index (χ4n) is 3.28. The predicted octanol–water partition coefficient (Wildman–Crippen LogP) is 2.73. The van der Waals surface area contributed by atoms with Gasteiger partial charge in [0.2, 0.25) is 0 Å². The molecule has 1 aliphatic rings. The van der Waals surface area contributed by atoms with E-state index in [2.05, 4.69) is 32.0 Å². The van der Waals surface area contributed by atoms with Gasteiger partial charge in [-0.25, -0.2) is 0 Å². The molecular formula is C16H25NO. The van der Waals surface area contributed by atoms with E-state index in [1.54, 1.807) is 0 Å². The third-order valence-electron chi connectivity index (χ3n) is 4.69. The van der Waals surface area contributed by atoms with Crippen molar-refractivity contribution in [2.75, 3.05) is 6.54 Å². The van der Waals surface area contributed by atoms with Gasteiger partial charge in [0.15, 0.2) is 0 Å². The fourth-order valence-corrected chi connectivity index (χ4v) is 3.28. The lowest BCUT2D eigenvalue weighted by Gasteiger charge is -2.41. The summed E-state index contributed by atoms with van der Waals surface area (Å²) in [5.41, 5.74) is 9.93. The van der Waals surface area contributed by atoms with E-state index in [0.717, 1.165) is 25.7 Å². The van der Waals surface area contributed by atoms with Gasteiger partial charge in [0, 0.05) is 12.0 Å². The van der Waals surface area contributed by atoms with Crippen LogP contribution in [0.15, 0.2) is 18.2 Å². The molecule has 1 saturated carbocycles. The van der Waals surface area contributed by atoms with Crippen molar-refractivity contribution in [3.05, 3.63) is 34.9 Å². The summed E-state index contributed by atoms with van der Waals surface area (Å²) in [5.74, 6) is 0. The SMILES string of the molecule is Cc1cccc(C)c1CC1(CN)CCCCC1O. The highest BCUT2D eigenvalue weighted by molar-refractivity contribution is 5.34. The molecular weight excluding hydrogens is 222 g/mol. The van der Waals surface area contributed by atoms with Crippen LogP contribution >= 0.6 is 0 Å². The van der Waals surface area contributed by atoms with Gasteiger partial charge >= 0.3 is 0 Å². The van der Waals surface area contributed by atoms with Crippen molar-refractivity contribution < 1.29 is 5.11 Å². The largest absolute Gasteiger partial charge is 0.392 e.